The van der Waals surface area contributed by atoms with Gasteiger partial charge in [0.15, 0.2) is 0 Å². The minimum absolute atomic E-state index is 0.292. The molecule has 0 aliphatic rings. The second-order valence-electron chi connectivity index (χ2n) is 6.02. The van der Waals surface area contributed by atoms with Crippen molar-refractivity contribution in [1.82, 2.24) is 10.1 Å². The number of carbonyl (C=O) groups is 1. The van der Waals surface area contributed by atoms with E-state index in [-0.39, 0.29) is 5.91 Å². The summed E-state index contributed by atoms with van der Waals surface area (Å²) < 4.78 is 11.1. The number of nitrogens with zero attached hydrogens (tertiary/aromatic N) is 2. The summed E-state index contributed by atoms with van der Waals surface area (Å²) in [5.74, 6) is 1.23. The van der Waals surface area contributed by atoms with Gasteiger partial charge in [-0.1, -0.05) is 24.2 Å². The second kappa shape index (κ2) is 7.39. The van der Waals surface area contributed by atoms with E-state index in [1.165, 1.54) is 0 Å². The van der Waals surface area contributed by atoms with E-state index in [0.717, 1.165) is 11.1 Å². The number of anilines is 1. The number of ether oxygens (including phenoxy) is 1. The van der Waals surface area contributed by atoms with Crippen LogP contribution >= 0.6 is 0 Å². The Morgan fingerprint density at radius 1 is 1.19 bits per heavy atom. The fraction of sp³-hybridized carbons (Fsp3) is 0.250. The van der Waals surface area contributed by atoms with Crippen molar-refractivity contribution in [2.24, 2.45) is 0 Å². The summed E-state index contributed by atoms with van der Waals surface area (Å²) in [6.07, 6.45) is 2.23. The van der Waals surface area contributed by atoms with Gasteiger partial charge in [0.2, 0.25) is 5.88 Å². The van der Waals surface area contributed by atoms with Crippen LogP contribution in [-0.2, 0) is 6.42 Å². The molecule has 3 rings (SSSR count). The molecule has 0 fully saturated rings. The fourth-order valence-corrected chi connectivity index (χ4v) is 2.64. The number of hydrogen-bond acceptors (Lipinski definition) is 5. The van der Waals surface area contributed by atoms with Gasteiger partial charge in [-0.25, -0.2) is 4.98 Å². The van der Waals surface area contributed by atoms with Crippen molar-refractivity contribution in [1.29, 1.82) is 0 Å². The van der Waals surface area contributed by atoms with Crippen molar-refractivity contribution >= 4 is 11.6 Å². The van der Waals surface area contributed by atoms with Crippen LogP contribution in [0.3, 0.4) is 0 Å². The van der Waals surface area contributed by atoms with E-state index < -0.39 is 0 Å². The SMILES string of the molecule is CCc1noc(C)c1C(=O)Nc1cccnc1Oc1cccc(C)c1C. The van der Waals surface area contributed by atoms with Gasteiger partial charge >= 0.3 is 0 Å². The monoisotopic (exact) mass is 351 g/mol. The zero-order chi connectivity index (χ0) is 18.7. The van der Waals surface area contributed by atoms with E-state index >= 15 is 0 Å². The molecule has 0 saturated heterocycles. The summed E-state index contributed by atoms with van der Waals surface area (Å²) in [4.78, 5) is 17.0. The van der Waals surface area contributed by atoms with Crippen LogP contribution in [0.2, 0.25) is 0 Å². The molecule has 1 amide bonds. The maximum absolute atomic E-state index is 12.7. The van der Waals surface area contributed by atoms with Crippen LogP contribution in [0, 0.1) is 20.8 Å². The van der Waals surface area contributed by atoms with Gasteiger partial charge < -0.3 is 14.6 Å². The summed E-state index contributed by atoms with van der Waals surface area (Å²) in [5, 5.41) is 6.78. The predicted octanol–water partition coefficient (Wildman–Crippen LogP) is 4.60. The standard InChI is InChI=1S/C20H21N3O3/c1-5-15-18(14(4)26-23-15)19(24)22-16-9-7-11-21-20(16)25-17-10-6-8-12(2)13(17)3/h6-11H,5H2,1-4H3,(H,22,24). The van der Waals surface area contributed by atoms with Crippen molar-refractivity contribution in [3.8, 4) is 11.6 Å². The Bertz CT molecular complexity index is 947. The molecule has 2 heterocycles. The molecular weight excluding hydrogens is 330 g/mol. The molecule has 0 saturated carbocycles. The Hall–Kier alpha value is -3.15. The third kappa shape index (κ3) is 3.44. The molecule has 2 aromatic heterocycles. The van der Waals surface area contributed by atoms with Crippen molar-refractivity contribution in [2.75, 3.05) is 5.32 Å². The zero-order valence-electron chi connectivity index (χ0n) is 15.3. The van der Waals surface area contributed by atoms with Gasteiger partial charge in [0.25, 0.3) is 5.91 Å². The van der Waals surface area contributed by atoms with Crippen LogP contribution in [0.25, 0.3) is 0 Å². The number of carbonyl (C=O) groups excluding carboxylic acids is 1. The first kappa shape index (κ1) is 17.7. The van der Waals surface area contributed by atoms with Crippen LogP contribution < -0.4 is 10.1 Å². The number of aromatic nitrogens is 2. The van der Waals surface area contributed by atoms with Crippen molar-refractivity contribution in [2.45, 2.75) is 34.1 Å². The van der Waals surface area contributed by atoms with Crippen LogP contribution in [0.5, 0.6) is 11.6 Å². The quantitative estimate of drug-likeness (QED) is 0.727. The summed E-state index contributed by atoms with van der Waals surface area (Å²) in [6, 6.07) is 9.31. The summed E-state index contributed by atoms with van der Waals surface area (Å²) in [6.45, 7) is 7.65. The molecule has 0 unspecified atom stereocenters. The Morgan fingerprint density at radius 2 is 2.00 bits per heavy atom. The molecule has 0 radical (unpaired) electrons. The van der Waals surface area contributed by atoms with Gasteiger partial charge in [0, 0.05) is 6.20 Å². The molecule has 0 aliphatic carbocycles. The van der Waals surface area contributed by atoms with Gasteiger partial charge in [-0.15, -0.1) is 0 Å². The first-order valence-electron chi connectivity index (χ1n) is 8.46. The molecule has 3 aromatic rings. The highest BCUT2D eigenvalue weighted by Gasteiger charge is 2.21. The molecule has 6 heteroatoms. The highest BCUT2D eigenvalue weighted by molar-refractivity contribution is 6.06. The maximum Gasteiger partial charge on any atom is 0.261 e. The van der Waals surface area contributed by atoms with Gasteiger partial charge in [0.05, 0.1) is 5.69 Å². The van der Waals surface area contributed by atoms with Crippen LogP contribution in [0.15, 0.2) is 41.1 Å². The highest BCUT2D eigenvalue weighted by Crippen LogP contribution is 2.30. The number of rotatable bonds is 5. The van der Waals surface area contributed by atoms with Crippen LogP contribution in [-0.4, -0.2) is 16.0 Å². The summed E-state index contributed by atoms with van der Waals surface area (Å²) >= 11 is 0. The topological polar surface area (TPSA) is 77.3 Å². The Labute approximate surface area is 152 Å². The average molecular weight is 351 g/mol. The van der Waals surface area contributed by atoms with E-state index in [9.17, 15) is 4.79 Å². The van der Waals surface area contributed by atoms with E-state index in [2.05, 4.69) is 15.5 Å². The summed E-state index contributed by atoms with van der Waals surface area (Å²) in [5.41, 5.74) is 3.71. The molecular formula is C20H21N3O3. The van der Waals surface area contributed by atoms with Gasteiger partial charge in [0.1, 0.15) is 22.8 Å². The number of benzene rings is 1. The predicted molar refractivity (Wildman–Crippen MR) is 98.8 cm³/mol. The largest absolute Gasteiger partial charge is 0.437 e. The lowest BCUT2D eigenvalue weighted by Gasteiger charge is -2.13. The smallest absolute Gasteiger partial charge is 0.261 e. The number of pyridine rings is 1. The van der Waals surface area contributed by atoms with E-state index in [1.54, 1.807) is 25.3 Å². The minimum atomic E-state index is -0.292. The molecule has 6 nitrogen and oxygen atoms in total. The number of nitrogens with one attached hydrogen (secondary N) is 1. The van der Waals surface area contributed by atoms with Gasteiger partial charge in [-0.05, 0) is 56.5 Å². The van der Waals surface area contributed by atoms with E-state index in [0.29, 0.717) is 40.8 Å². The molecule has 0 aliphatic heterocycles. The fourth-order valence-electron chi connectivity index (χ4n) is 2.64. The molecule has 134 valence electrons. The molecule has 0 spiro atoms. The van der Waals surface area contributed by atoms with E-state index in [4.69, 9.17) is 9.26 Å². The van der Waals surface area contributed by atoms with Crippen LogP contribution in [0.1, 0.15) is 39.9 Å². The first-order chi connectivity index (χ1) is 12.5. The van der Waals surface area contributed by atoms with E-state index in [1.807, 2.05) is 39.0 Å². The average Bonchev–Trinajstić information content (AvgIpc) is 3.01. The highest BCUT2D eigenvalue weighted by atomic mass is 16.5. The minimum Gasteiger partial charge on any atom is -0.437 e. The molecule has 0 atom stereocenters. The zero-order valence-corrected chi connectivity index (χ0v) is 15.3. The molecule has 0 bridgehead atoms. The maximum atomic E-state index is 12.7. The number of hydrogen-bond donors (Lipinski definition) is 1. The lowest BCUT2D eigenvalue weighted by molar-refractivity contribution is 0.102. The Balaban J connectivity index is 1.89. The number of aryl methyl sites for hydroxylation is 3. The first-order valence-corrected chi connectivity index (χ1v) is 8.46. The van der Waals surface area contributed by atoms with Gasteiger partial charge in [-0.3, -0.25) is 4.79 Å². The molecule has 26 heavy (non-hydrogen) atoms. The summed E-state index contributed by atoms with van der Waals surface area (Å²) in [7, 11) is 0. The second-order valence-corrected chi connectivity index (χ2v) is 6.02. The molecule has 1 N–H and O–H groups in total. The third-order valence-electron chi connectivity index (χ3n) is 4.28. The number of amides is 1. The van der Waals surface area contributed by atoms with Crippen molar-refractivity contribution in [3.63, 3.8) is 0 Å². The Morgan fingerprint density at radius 3 is 2.77 bits per heavy atom. The lowest BCUT2D eigenvalue weighted by Crippen LogP contribution is -2.15. The Kier molecular flexibility index (Phi) is 5.02. The third-order valence-corrected chi connectivity index (χ3v) is 4.28. The lowest BCUT2D eigenvalue weighted by atomic mass is 10.1. The molecule has 1 aromatic carbocycles. The normalized spacial score (nSPS) is 10.6. The van der Waals surface area contributed by atoms with Crippen LogP contribution in [0.4, 0.5) is 5.69 Å². The van der Waals surface area contributed by atoms with Crippen molar-refractivity contribution in [3.05, 3.63) is 64.7 Å². The van der Waals surface area contributed by atoms with Crippen molar-refractivity contribution < 1.29 is 14.1 Å². The van der Waals surface area contributed by atoms with Gasteiger partial charge in [-0.2, -0.15) is 0 Å².